The van der Waals surface area contributed by atoms with E-state index in [1.807, 2.05) is 50.8 Å². The molecule has 202 valence electrons. The van der Waals surface area contributed by atoms with E-state index >= 15 is 0 Å². The van der Waals surface area contributed by atoms with E-state index in [1.165, 1.54) is 6.07 Å². The number of para-hydroxylation sites is 1. The van der Waals surface area contributed by atoms with Crippen LogP contribution in [0.15, 0.2) is 78.0 Å². The Morgan fingerprint density at radius 2 is 1.64 bits per heavy atom. The van der Waals surface area contributed by atoms with E-state index in [9.17, 15) is 9.18 Å². The van der Waals surface area contributed by atoms with E-state index in [1.54, 1.807) is 30.0 Å². The number of anilines is 1. The number of rotatable bonds is 9. The summed E-state index contributed by atoms with van der Waals surface area (Å²) in [6.45, 7) is 2.43. The molecule has 0 radical (unpaired) electrons. The highest BCUT2D eigenvalue weighted by molar-refractivity contribution is 7.99. The molecule has 2 heterocycles. The Bertz CT molecular complexity index is 1430. The number of hydrogen-bond donors (Lipinski definition) is 0. The molecular weight excluding hydrogens is 556 g/mol. The van der Waals surface area contributed by atoms with Gasteiger partial charge >= 0.3 is 0 Å². The maximum Gasteiger partial charge on any atom is 0.222 e. The monoisotopic (exact) mass is 583 g/mol. The summed E-state index contributed by atoms with van der Waals surface area (Å²) in [4.78, 5) is 16.7. The molecule has 1 aliphatic rings. The second-order valence-corrected chi connectivity index (χ2v) is 11.1. The van der Waals surface area contributed by atoms with Crippen LogP contribution in [0.2, 0.25) is 10.0 Å². The van der Waals surface area contributed by atoms with Gasteiger partial charge in [0.25, 0.3) is 0 Å². The first kappa shape index (κ1) is 27.5. The van der Waals surface area contributed by atoms with Gasteiger partial charge in [-0.2, -0.15) is 0 Å². The standard InChI is InChI=1S/C29H28Cl2FN5OS/c30-23-13-12-22(20-24(23)31)37-27(19-21-7-2-1-3-8-21)33-34-29(37)39-18-6-11-28(38)36-16-14-35(15-17-36)26-10-5-4-9-25(26)32/h1-5,7-10,12-13,20H,6,11,14-19H2. The number of carbonyl (C=O) groups excluding carboxylic acids is 1. The number of piperazine rings is 1. The third-order valence-electron chi connectivity index (χ3n) is 6.66. The van der Waals surface area contributed by atoms with Gasteiger partial charge in [-0.25, -0.2) is 4.39 Å². The van der Waals surface area contributed by atoms with Crippen molar-refractivity contribution in [1.82, 2.24) is 19.7 Å². The average Bonchev–Trinajstić information content (AvgIpc) is 3.35. The zero-order valence-corrected chi connectivity index (χ0v) is 23.6. The predicted octanol–water partition coefficient (Wildman–Crippen LogP) is 6.53. The second kappa shape index (κ2) is 12.9. The Morgan fingerprint density at radius 1 is 0.897 bits per heavy atom. The van der Waals surface area contributed by atoms with Gasteiger partial charge in [0.2, 0.25) is 5.91 Å². The molecule has 1 saturated heterocycles. The SMILES string of the molecule is O=C(CCCSc1nnc(Cc2ccccc2)n1-c1ccc(Cl)c(Cl)c1)N1CCN(c2ccccc2F)CC1. The highest BCUT2D eigenvalue weighted by Gasteiger charge is 2.23. The molecule has 1 aliphatic heterocycles. The molecule has 5 rings (SSSR count). The van der Waals surface area contributed by atoms with Crippen molar-refractivity contribution in [2.45, 2.75) is 24.4 Å². The van der Waals surface area contributed by atoms with Gasteiger partial charge in [-0.3, -0.25) is 9.36 Å². The lowest BCUT2D eigenvalue weighted by Crippen LogP contribution is -2.49. The van der Waals surface area contributed by atoms with Gasteiger partial charge in [0.05, 0.1) is 21.4 Å². The minimum atomic E-state index is -0.227. The highest BCUT2D eigenvalue weighted by atomic mass is 35.5. The van der Waals surface area contributed by atoms with Gasteiger partial charge in [0.1, 0.15) is 11.6 Å². The maximum absolute atomic E-state index is 14.1. The Balaban J connectivity index is 1.18. The summed E-state index contributed by atoms with van der Waals surface area (Å²) in [7, 11) is 0. The van der Waals surface area contributed by atoms with Crippen LogP contribution in [-0.2, 0) is 11.2 Å². The fraction of sp³-hybridized carbons (Fsp3) is 0.276. The summed E-state index contributed by atoms with van der Waals surface area (Å²) in [5.74, 6) is 1.41. The van der Waals surface area contributed by atoms with Crippen LogP contribution in [0.25, 0.3) is 5.69 Å². The van der Waals surface area contributed by atoms with E-state index in [2.05, 4.69) is 22.3 Å². The number of carbonyl (C=O) groups is 1. The third kappa shape index (κ3) is 6.75. The first-order chi connectivity index (χ1) is 19.0. The lowest BCUT2D eigenvalue weighted by molar-refractivity contribution is -0.131. The molecule has 4 aromatic rings. The fourth-order valence-electron chi connectivity index (χ4n) is 4.62. The summed E-state index contributed by atoms with van der Waals surface area (Å²) in [5.41, 5.74) is 2.56. The lowest BCUT2D eigenvalue weighted by atomic mass is 10.1. The van der Waals surface area contributed by atoms with Gasteiger partial charge < -0.3 is 9.80 Å². The summed E-state index contributed by atoms with van der Waals surface area (Å²) in [6, 6.07) is 22.4. The van der Waals surface area contributed by atoms with Crippen molar-refractivity contribution in [3.63, 3.8) is 0 Å². The van der Waals surface area contributed by atoms with Gasteiger partial charge in [-0.1, -0.05) is 77.4 Å². The summed E-state index contributed by atoms with van der Waals surface area (Å²) >= 11 is 14.1. The molecule has 39 heavy (non-hydrogen) atoms. The highest BCUT2D eigenvalue weighted by Crippen LogP contribution is 2.29. The Morgan fingerprint density at radius 3 is 2.38 bits per heavy atom. The van der Waals surface area contributed by atoms with E-state index in [-0.39, 0.29) is 11.7 Å². The zero-order valence-electron chi connectivity index (χ0n) is 21.3. The molecule has 1 aromatic heterocycles. The van der Waals surface area contributed by atoms with Crippen LogP contribution in [-0.4, -0.2) is 57.5 Å². The van der Waals surface area contributed by atoms with Crippen molar-refractivity contribution in [3.05, 3.63) is 100 Å². The maximum atomic E-state index is 14.1. The molecule has 6 nitrogen and oxygen atoms in total. The first-order valence-electron chi connectivity index (χ1n) is 12.8. The van der Waals surface area contributed by atoms with E-state index in [4.69, 9.17) is 23.2 Å². The molecule has 1 fully saturated rings. The molecule has 0 aliphatic carbocycles. The number of halogens is 3. The van der Waals surface area contributed by atoms with Gasteiger partial charge in [-0.05, 0) is 42.3 Å². The van der Waals surface area contributed by atoms with Crippen LogP contribution in [0.4, 0.5) is 10.1 Å². The molecule has 0 unspecified atom stereocenters. The van der Waals surface area contributed by atoms with Crippen LogP contribution in [0.1, 0.15) is 24.2 Å². The molecular formula is C29H28Cl2FN5OS. The molecule has 0 N–H and O–H groups in total. The quantitative estimate of drug-likeness (QED) is 0.166. The van der Waals surface area contributed by atoms with E-state index in [0.717, 1.165) is 22.2 Å². The van der Waals surface area contributed by atoms with Crippen LogP contribution in [0, 0.1) is 5.82 Å². The van der Waals surface area contributed by atoms with Gasteiger partial charge in [0.15, 0.2) is 5.16 Å². The van der Waals surface area contributed by atoms with Crippen molar-refractivity contribution in [3.8, 4) is 5.69 Å². The van der Waals surface area contributed by atoms with Crippen LogP contribution in [0.5, 0.6) is 0 Å². The van der Waals surface area contributed by atoms with Crippen molar-refractivity contribution in [2.75, 3.05) is 36.8 Å². The van der Waals surface area contributed by atoms with E-state index < -0.39 is 0 Å². The fourth-order valence-corrected chi connectivity index (χ4v) is 5.82. The van der Waals surface area contributed by atoms with E-state index in [0.29, 0.717) is 66.9 Å². The number of hydrogen-bond acceptors (Lipinski definition) is 5. The van der Waals surface area contributed by atoms with Crippen molar-refractivity contribution in [2.24, 2.45) is 0 Å². The van der Waals surface area contributed by atoms with Gasteiger partial charge in [-0.15, -0.1) is 10.2 Å². The smallest absolute Gasteiger partial charge is 0.222 e. The normalized spacial score (nSPS) is 13.6. The predicted molar refractivity (Wildman–Crippen MR) is 156 cm³/mol. The number of nitrogens with zero attached hydrogens (tertiary/aromatic N) is 5. The Labute approximate surface area is 241 Å². The molecule has 0 saturated carbocycles. The van der Waals surface area contributed by atoms with Crippen molar-refractivity contribution >= 4 is 46.6 Å². The Kier molecular flexibility index (Phi) is 9.06. The van der Waals surface area contributed by atoms with Crippen LogP contribution < -0.4 is 4.90 Å². The molecule has 10 heteroatoms. The van der Waals surface area contributed by atoms with Gasteiger partial charge in [0, 0.05) is 44.8 Å². The number of benzene rings is 3. The Hall–Kier alpha value is -3.07. The largest absolute Gasteiger partial charge is 0.366 e. The molecule has 0 atom stereocenters. The van der Waals surface area contributed by atoms with Crippen LogP contribution in [0.3, 0.4) is 0 Å². The number of amides is 1. The summed E-state index contributed by atoms with van der Waals surface area (Å²) < 4.78 is 16.1. The third-order valence-corrected chi connectivity index (χ3v) is 8.41. The second-order valence-electron chi connectivity index (χ2n) is 9.27. The molecule has 3 aromatic carbocycles. The van der Waals surface area contributed by atoms with Crippen molar-refractivity contribution in [1.29, 1.82) is 0 Å². The van der Waals surface area contributed by atoms with Crippen LogP contribution >= 0.6 is 35.0 Å². The summed E-state index contributed by atoms with van der Waals surface area (Å²) in [5, 5.41) is 10.6. The van der Waals surface area contributed by atoms with Crippen molar-refractivity contribution < 1.29 is 9.18 Å². The number of aromatic nitrogens is 3. The topological polar surface area (TPSA) is 54.3 Å². The minimum Gasteiger partial charge on any atom is -0.366 e. The molecule has 0 bridgehead atoms. The zero-order chi connectivity index (χ0) is 27.2. The molecule has 1 amide bonds. The lowest BCUT2D eigenvalue weighted by Gasteiger charge is -2.36. The average molecular weight is 585 g/mol. The number of thioether (sulfide) groups is 1. The minimum absolute atomic E-state index is 0.125. The first-order valence-corrected chi connectivity index (χ1v) is 14.6. The molecule has 0 spiro atoms. The summed E-state index contributed by atoms with van der Waals surface area (Å²) in [6.07, 6.45) is 1.77.